The molecule has 0 aliphatic rings. The van der Waals surface area contributed by atoms with Crippen LogP contribution in [0.4, 0.5) is 0 Å². The number of carbonyl (C=O) groups excluding carboxylic acids is 1. The molecule has 0 fully saturated rings. The SMILES string of the molecule is CCCN(CC(=O)OCC)Cc1csc(CC)n1. The van der Waals surface area contributed by atoms with Crippen LogP contribution in [-0.4, -0.2) is 35.5 Å². The lowest BCUT2D eigenvalue weighted by Gasteiger charge is -2.19. The maximum Gasteiger partial charge on any atom is 0.320 e. The molecule has 0 aliphatic carbocycles. The molecular formula is C13H22N2O2S. The van der Waals surface area contributed by atoms with Gasteiger partial charge in [-0.2, -0.15) is 0 Å². The predicted octanol–water partition coefficient (Wildman–Crippen LogP) is 2.48. The van der Waals surface area contributed by atoms with Crippen LogP contribution in [-0.2, 0) is 22.5 Å². The van der Waals surface area contributed by atoms with E-state index >= 15 is 0 Å². The first-order valence-electron chi connectivity index (χ1n) is 6.50. The van der Waals surface area contributed by atoms with E-state index in [0.29, 0.717) is 13.2 Å². The van der Waals surface area contributed by atoms with Crippen molar-refractivity contribution in [3.63, 3.8) is 0 Å². The van der Waals surface area contributed by atoms with Crippen molar-refractivity contribution in [2.75, 3.05) is 19.7 Å². The second-order valence-corrected chi connectivity index (χ2v) is 5.04. The van der Waals surface area contributed by atoms with Gasteiger partial charge in [-0.1, -0.05) is 13.8 Å². The van der Waals surface area contributed by atoms with Gasteiger partial charge in [-0.3, -0.25) is 9.69 Å². The molecule has 0 unspecified atom stereocenters. The fourth-order valence-corrected chi connectivity index (χ4v) is 2.47. The number of hydrogen-bond donors (Lipinski definition) is 0. The van der Waals surface area contributed by atoms with Crippen molar-refractivity contribution in [3.8, 4) is 0 Å². The minimum Gasteiger partial charge on any atom is -0.465 e. The van der Waals surface area contributed by atoms with Crippen LogP contribution in [0.3, 0.4) is 0 Å². The lowest BCUT2D eigenvalue weighted by molar-refractivity contribution is -0.144. The molecule has 0 radical (unpaired) electrons. The number of rotatable bonds is 8. The van der Waals surface area contributed by atoms with Crippen molar-refractivity contribution >= 4 is 17.3 Å². The molecule has 102 valence electrons. The van der Waals surface area contributed by atoms with E-state index in [-0.39, 0.29) is 5.97 Å². The number of carbonyl (C=O) groups is 1. The van der Waals surface area contributed by atoms with E-state index in [1.807, 2.05) is 6.92 Å². The summed E-state index contributed by atoms with van der Waals surface area (Å²) in [5.74, 6) is -0.156. The van der Waals surface area contributed by atoms with Crippen LogP contribution in [0.1, 0.15) is 37.9 Å². The first-order valence-corrected chi connectivity index (χ1v) is 7.38. The summed E-state index contributed by atoms with van der Waals surface area (Å²) in [6, 6.07) is 0. The number of aryl methyl sites for hydroxylation is 1. The summed E-state index contributed by atoms with van der Waals surface area (Å²) in [5.41, 5.74) is 1.05. The molecule has 0 aliphatic heterocycles. The number of aromatic nitrogens is 1. The van der Waals surface area contributed by atoms with E-state index in [2.05, 4.69) is 29.1 Å². The zero-order chi connectivity index (χ0) is 13.4. The molecule has 18 heavy (non-hydrogen) atoms. The molecule has 1 aromatic rings. The van der Waals surface area contributed by atoms with Crippen molar-refractivity contribution < 1.29 is 9.53 Å². The van der Waals surface area contributed by atoms with Gasteiger partial charge in [0.15, 0.2) is 0 Å². The van der Waals surface area contributed by atoms with Gasteiger partial charge in [0.2, 0.25) is 0 Å². The summed E-state index contributed by atoms with van der Waals surface area (Å²) < 4.78 is 4.98. The Kier molecular flexibility index (Phi) is 6.90. The third kappa shape index (κ3) is 5.14. The third-order valence-corrected chi connectivity index (χ3v) is 3.53. The Morgan fingerprint density at radius 3 is 2.78 bits per heavy atom. The topological polar surface area (TPSA) is 42.4 Å². The Bertz CT molecular complexity index is 366. The molecule has 4 nitrogen and oxygen atoms in total. The lowest BCUT2D eigenvalue weighted by atomic mass is 10.3. The average Bonchev–Trinajstić information content (AvgIpc) is 2.77. The van der Waals surface area contributed by atoms with Crippen molar-refractivity contribution in [2.24, 2.45) is 0 Å². The quantitative estimate of drug-likeness (QED) is 0.681. The molecular weight excluding hydrogens is 248 g/mol. The van der Waals surface area contributed by atoms with E-state index in [1.165, 1.54) is 0 Å². The van der Waals surface area contributed by atoms with Crippen LogP contribution in [0.2, 0.25) is 0 Å². The Labute approximate surface area is 113 Å². The van der Waals surface area contributed by atoms with Gasteiger partial charge in [0.05, 0.1) is 23.9 Å². The van der Waals surface area contributed by atoms with Gasteiger partial charge in [-0.25, -0.2) is 4.98 Å². The van der Waals surface area contributed by atoms with Crippen molar-refractivity contribution in [3.05, 3.63) is 16.1 Å². The standard InChI is InChI=1S/C13H22N2O2S/c1-4-7-15(9-13(16)17-6-3)8-11-10-18-12(5-2)14-11/h10H,4-9H2,1-3H3. The van der Waals surface area contributed by atoms with Crippen LogP contribution in [0.5, 0.6) is 0 Å². The highest BCUT2D eigenvalue weighted by molar-refractivity contribution is 7.09. The molecule has 0 saturated carbocycles. The normalized spacial score (nSPS) is 10.9. The van der Waals surface area contributed by atoms with Gasteiger partial charge in [0.1, 0.15) is 0 Å². The molecule has 0 bridgehead atoms. The predicted molar refractivity (Wildman–Crippen MR) is 73.7 cm³/mol. The van der Waals surface area contributed by atoms with E-state index in [9.17, 15) is 4.79 Å². The molecule has 1 aromatic heterocycles. The Morgan fingerprint density at radius 2 is 2.22 bits per heavy atom. The van der Waals surface area contributed by atoms with Gasteiger partial charge >= 0.3 is 5.97 Å². The molecule has 1 heterocycles. The van der Waals surface area contributed by atoms with Crippen LogP contribution in [0.25, 0.3) is 0 Å². The maximum atomic E-state index is 11.5. The number of thiazole rings is 1. The van der Waals surface area contributed by atoms with Crippen molar-refractivity contribution in [1.29, 1.82) is 0 Å². The summed E-state index contributed by atoms with van der Waals surface area (Å²) >= 11 is 1.68. The second kappa shape index (κ2) is 8.21. The van der Waals surface area contributed by atoms with Gasteiger partial charge in [-0.05, 0) is 26.3 Å². The Balaban J connectivity index is 2.53. The van der Waals surface area contributed by atoms with Crippen LogP contribution >= 0.6 is 11.3 Å². The fourth-order valence-electron chi connectivity index (χ4n) is 1.73. The van der Waals surface area contributed by atoms with Gasteiger partial charge in [-0.15, -0.1) is 11.3 Å². The molecule has 0 atom stereocenters. The Morgan fingerprint density at radius 1 is 1.44 bits per heavy atom. The molecule has 0 saturated heterocycles. The zero-order valence-electron chi connectivity index (χ0n) is 11.4. The number of nitrogens with zero attached hydrogens (tertiary/aromatic N) is 2. The molecule has 0 N–H and O–H groups in total. The van der Waals surface area contributed by atoms with Crippen LogP contribution in [0, 0.1) is 0 Å². The monoisotopic (exact) mass is 270 g/mol. The zero-order valence-corrected chi connectivity index (χ0v) is 12.3. The lowest BCUT2D eigenvalue weighted by Crippen LogP contribution is -2.31. The average molecular weight is 270 g/mol. The largest absolute Gasteiger partial charge is 0.465 e. The molecule has 0 spiro atoms. The summed E-state index contributed by atoms with van der Waals surface area (Å²) in [6.45, 7) is 8.44. The third-order valence-electron chi connectivity index (χ3n) is 2.49. The van der Waals surface area contributed by atoms with E-state index in [1.54, 1.807) is 11.3 Å². The van der Waals surface area contributed by atoms with Gasteiger partial charge in [0, 0.05) is 11.9 Å². The highest BCUT2D eigenvalue weighted by Gasteiger charge is 2.12. The first-order chi connectivity index (χ1) is 8.69. The summed E-state index contributed by atoms with van der Waals surface area (Å²) in [6.07, 6.45) is 1.99. The maximum absolute atomic E-state index is 11.5. The second-order valence-electron chi connectivity index (χ2n) is 4.10. The minimum atomic E-state index is -0.156. The molecule has 1 rings (SSSR count). The summed E-state index contributed by atoms with van der Waals surface area (Å²) in [7, 11) is 0. The van der Waals surface area contributed by atoms with Crippen molar-refractivity contribution in [2.45, 2.75) is 40.2 Å². The summed E-state index contributed by atoms with van der Waals surface area (Å²) in [5, 5.41) is 3.23. The van der Waals surface area contributed by atoms with E-state index < -0.39 is 0 Å². The first kappa shape index (κ1) is 15.1. The van der Waals surface area contributed by atoms with Gasteiger partial charge in [0.25, 0.3) is 0 Å². The number of esters is 1. The number of ether oxygens (including phenoxy) is 1. The number of hydrogen-bond acceptors (Lipinski definition) is 5. The highest BCUT2D eigenvalue weighted by Crippen LogP contribution is 2.12. The van der Waals surface area contributed by atoms with E-state index in [0.717, 1.165) is 36.6 Å². The Hall–Kier alpha value is -0.940. The van der Waals surface area contributed by atoms with Crippen LogP contribution < -0.4 is 0 Å². The van der Waals surface area contributed by atoms with Gasteiger partial charge < -0.3 is 4.74 Å². The van der Waals surface area contributed by atoms with E-state index in [4.69, 9.17) is 4.74 Å². The molecule has 5 heteroatoms. The molecule has 0 amide bonds. The fraction of sp³-hybridized carbons (Fsp3) is 0.692. The summed E-state index contributed by atoms with van der Waals surface area (Å²) in [4.78, 5) is 18.1. The molecule has 0 aromatic carbocycles. The highest BCUT2D eigenvalue weighted by atomic mass is 32.1. The minimum absolute atomic E-state index is 0.156. The van der Waals surface area contributed by atoms with Crippen molar-refractivity contribution in [1.82, 2.24) is 9.88 Å². The van der Waals surface area contributed by atoms with Crippen LogP contribution in [0.15, 0.2) is 5.38 Å². The smallest absolute Gasteiger partial charge is 0.320 e.